The molecule has 1 rings (SSSR count). The lowest BCUT2D eigenvalue weighted by Crippen LogP contribution is -2.46. The van der Waals surface area contributed by atoms with Crippen molar-refractivity contribution in [3.63, 3.8) is 0 Å². The molecular weight excluding hydrogens is 362 g/mol. The van der Waals surface area contributed by atoms with Gasteiger partial charge in [-0.1, -0.05) is 20.8 Å². The van der Waals surface area contributed by atoms with Crippen LogP contribution < -0.4 is 10.6 Å². The first kappa shape index (κ1) is 23.1. The average molecular weight is 391 g/mol. The number of carboxylic acid groups (broad SMARTS) is 1. The van der Waals surface area contributed by atoms with Crippen molar-refractivity contribution >= 4 is 23.7 Å². The van der Waals surface area contributed by atoms with Gasteiger partial charge in [0.2, 0.25) is 5.91 Å². The highest BCUT2D eigenvalue weighted by molar-refractivity contribution is 5.99. The van der Waals surface area contributed by atoms with Gasteiger partial charge in [-0.25, -0.2) is 4.79 Å². The first-order valence-electron chi connectivity index (χ1n) is 9.09. The van der Waals surface area contributed by atoms with E-state index in [0.29, 0.717) is 12.1 Å². The van der Waals surface area contributed by atoms with Gasteiger partial charge in [-0.3, -0.25) is 14.4 Å². The minimum Gasteiger partial charge on any atom is -0.480 e. The van der Waals surface area contributed by atoms with E-state index in [0.717, 1.165) is 0 Å². The molecule has 0 spiro atoms. The Labute approximate surface area is 165 Å². The number of carboxylic acids is 1. The van der Waals surface area contributed by atoms with Crippen molar-refractivity contribution in [2.75, 3.05) is 19.6 Å². The van der Waals surface area contributed by atoms with E-state index in [1.54, 1.807) is 0 Å². The molecule has 0 aliphatic carbocycles. The molecule has 0 aliphatic rings. The molecule has 0 heterocycles. The van der Waals surface area contributed by atoms with E-state index in [9.17, 15) is 24.3 Å². The Morgan fingerprint density at radius 3 is 2.04 bits per heavy atom. The summed E-state index contributed by atoms with van der Waals surface area (Å²) in [6, 6.07) is 4.99. The first-order chi connectivity index (χ1) is 12.9. The monoisotopic (exact) mass is 391 g/mol. The Bertz CT molecular complexity index is 722. The van der Waals surface area contributed by atoms with Crippen molar-refractivity contribution in [2.24, 2.45) is 5.41 Å². The lowest BCUT2D eigenvalue weighted by atomic mass is 9.97. The van der Waals surface area contributed by atoms with Gasteiger partial charge in [0.15, 0.2) is 0 Å². The molecule has 0 saturated carbocycles. The zero-order chi connectivity index (χ0) is 21.5. The second kappa shape index (κ2) is 9.87. The summed E-state index contributed by atoms with van der Waals surface area (Å²) in [5, 5.41) is 14.6. The van der Waals surface area contributed by atoms with Gasteiger partial charge in [0.05, 0.1) is 0 Å². The molecule has 1 atom stereocenters. The van der Waals surface area contributed by atoms with E-state index in [2.05, 4.69) is 10.6 Å². The number of hydrogen-bond acceptors (Lipinski definition) is 4. The summed E-state index contributed by atoms with van der Waals surface area (Å²) >= 11 is 0. The van der Waals surface area contributed by atoms with Crippen LogP contribution in [0.3, 0.4) is 0 Å². The molecule has 8 heteroatoms. The van der Waals surface area contributed by atoms with Gasteiger partial charge in [0, 0.05) is 37.7 Å². The molecule has 0 aliphatic heterocycles. The third-order valence-corrected chi connectivity index (χ3v) is 3.99. The van der Waals surface area contributed by atoms with Gasteiger partial charge in [0.25, 0.3) is 11.8 Å². The molecule has 0 aromatic heterocycles. The van der Waals surface area contributed by atoms with Gasteiger partial charge < -0.3 is 20.6 Å². The van der Waals surface area contributed by atoms with E-state index >= 15 is 0 Å². The van der Waals surface area contributed by atoms with Crippen molar-refractivity contribution in [3.8, 4) is 0 Å². The third-order valence-electron chi connectivity index (χ3n) is 3.99. The molecule has 1 unspecified atom stereocenters. The summed E-state index contributed by atoms with van der Waals surface area (Å²) in [6.45, 7) is 9.49. The molecule has 1 aromatic rings. The van der Waals surface area contributed by atoms with Crippen LogP contribution in [-0.2, 0) is 9.59 Å². The van der Waals surface area contributed by atoms with Gasteiger partial charge in [-0.15, -0.1) is 0 Å². The largest absolute Gasteiger partial charge is 0.480 e. The summed E-state index contributed by atoms with van der Waals surface area (Å²) in [6.07, 6.45) is 0. The molecule has 8 nitrogen and oxygen atoms in total. The SMILES string of the molecule is CC(=O)NCCN(C(=O)c1ccc(C(=O)NCC(C)(C)C)cc1)C(C)C(=O)O. The molecule has 0 fully saturated rings. The molecule has 0 saturated heterocycles. The fourth-order valence-electron chi connectivity index (χ4n) is 2.33. The van der Waals surface area contributed by atoms with Crippen LogP contribution in [0.5, 0.6) is 0 Å². The number of amides is 3. The van der Waals surface area contributed by atoms with Crippen molar-refractivity contribution in [2.45, 2.75) is 40.7 Å². The lowest BCUT2D eigenvalue weighted by Gasteiger charge is -2.26. The smallest absolute Gasteiger partial charge is 0.326 e. The summed E-state index contributed by atoms with van der Waals surface area (Å²) < 4.78 is 0. The highest BCUT2D eigenvalue weighted by atomic mass is 16.4. The Hall–Kier alpha value is -2.90. The molecule has 1 aromatic carbocycles. The number of benzene rings is 1. The van der Waals surface area contributed by atoms with Gasteiger partial charge in [0.1, 0.15) is 6.04 Å². The van der Waals surface area contributed by atoms with E-state index in [4.69, 9.17) is 0 Å². The van der Waals surface area contributed by atoms with Crippen LogP contribution in [0.2, 0.25) is 0 Å². The van der Waals surface area contributed by atoms with E-state index < -0.39 is 17.9 Å². The maximum Gasteiger partial charge on any atom is 0.326 e. The fraction of sp³-hybridized carbons (Fsp3) is 0.500. The van der Waals surface area contributed by atoms with Gasteiger partial charge in [-0.05, 0) is 36.6 Å². The molecular formula is C20H29N3O5. The first-order valence-corrected chi connectivity index (χ1v) is 9.09. The standard InChI is InChI=1S/C20H29N3O5/c1-13(19(27)28)23(11-10-21-14(2)24)18(26)16-8-6-15(7-9-16)17(25)22-12-20(3,4)5/h6-9,13H,10-12H2,1-5H3,(H,21,24)(H,22,25)(H,27,28). The van der Waals surface area contributed by atoms with Gasteiger partial charge in [-0.2, -0.15) is 0 Å². The molecule has 0 radical (unpaired) electrons. The predicted molar refractivity (Wildman–Crippen MR) is 105 cm³/mol. The Morgan fingerprint density at radius 2 is 1.57 bits per heavy atom. The zero-order valence-electron chi connectivity index (χ0n) is 17.0. The molecule has 3 N–H and O–H groups in total. The molecule has 0 bridgehead atoms. The molecule has 28 heavy (non-hydrogen) atoms. The summed E-state index contributed by atoms with van der Waals surface area (Å²) in [4.78, 5) is 48.5. The highest BCUT2D eigenvalue weighted by Gasteiger charge is 2.26. The van der Waals surface area contributed by atoms with Crippen molar-refractivity contribution < 1.29 is 24.3 Å². The van der Waals surface area contributed by atoms with Crippen LogP contribution in [-0.4, -0.2) is 59.4 Å². The summed E-state index contributed by atoms with van der Waals surface area (Å²) in [7, 11) is 0. The number of hydrogen-bond donors (Lipinski definition) is 3. The molecule has 3 amide bonds. The Morgan fingerprint density at radius 1 is 1.04 bits per heavy atom. The second-order valence-corrected chi connectivity index (χ2v) is 7.82. The van der Waals surface area contributed by atoms with E-state index in [1.165, 1.54) is 43.0 Å². The summed E-state index contributed by atoms with van der Waals surface area (Å²) in [5.41, 5.74) is 0.632. The summed E-state index contributed by atoms with van der Waals surface area (Å²) in [5.74, 6) is -2.13. The quantitative estimate of drug-likeness (QED) is 0.621. The zero-order valence-corrected chi connectivity index (χ0v) is 17.0. The normalized spacial score (nSPS) is 12.0. The lowest BCUT2D eigenvalue weighted by molar-refractivity contribution is -0.141. The Kier molecular flexibility index (Phi) is 8.16. The topological polar surface area (TPSA) is 116 Å². The van der Waals surface area contributed by atoms with E-state index in [1.807, 2.05) is 20.8 Å². The van der Waals surface area contributed by atoms with Crippen molar-refractivity contribution in [1.29, 1.82) is 0 Å². The Balaban J connectivity index is 2.89. The van der Waals surface area contributed by atoms with Crippen molar-refractivity contribution in [3.05, 3.63) is 35.4 Å². The van der Waals surface area contributed by atoms with Crippen molar-refractivity contribution in [1.82, 2.24) is 15.5 Å². The maximum absolute atomic E-state index is 12.8. The van der Waals surface area contributed by atoms with E-state index in [-0.39, 0.29) is 35.9 Å². The second-order valence-electron chi connectivity index (χ2n) is 7.82. The fourth-order valence-corrected chi connectivity index (χ4v) is 2.33. The molecule has 154 valence electrons. The maximum atomic E-state index is 12.8. The number of aliphatic carboxylic acids is 1. The van der Waals surface area contributed by atoms with Crippen LogP contribution in [0.1, 0.15) is 55.3 Å². The van der Waals surface area contributed by atoms with Crippen LogP contribution in [0.4, 0.5) is 0 Å². The van der Waals surface area contributed by atoms with Crippen LogP contribution >= 0.6 is 0 Å². The van der Waals surface area contributed by atoms with Crippen LogP contribution in [0.25, 0.3) is 0 Å². The number of nitrogens with one attached hydrogen (secondary N) is 2. The van der Waals surface area contributed by atoms with Crippen LogP contribution in [0, 0.1) is 5.41 Å². The number of rotatable bonds is 8. The third kappa shape index (κ3) is 7.38. The average Bonchev–Trinajstić information content (AvgIpc) is 2.61. The number of carbonyl (C=O) groups is 4. The highest BCUT2D eigenvalue weighted by Crippen LogP contribution is 2.13. The van der Waals surface area contributed by atoms with Gasteiger partial charge >= 0.3 is 5.97 Å². The predicted octanol–water partition coefficient (Wildman–Crippen LogP) is 1.51. The number of nitrogens with zero attached hydrogens (tertiary/aromatic N) is 1. The minimum absolute atomic E-state index is 0.0487. The minimum atomic E-state index is -1.14. The number of carbonyl (C=O) groups excluding carboxylic acids is 3. The van der Waals surface area contributed by atoms with Crippen LogP contribution in [0.15, 0.2) is 24.3 Å².